The first-order valence-electron chi connectivity index (χ1n) is 9.50. The summed E-state index contributed by atoms with van der Waals surface area (Å²) >= 11 is 5.85. The molecule has 1 aromatic heterocycles. The molecule has 0 aliphatic heterocycles. The Kier molecular flexibility index (Phi) is 8.67. The highest BCUT2D eigenvalue weighted by atomic mass is 35.5. The van der Waals surface area contributed by atoms with E-state index in [0.717, 1.165) is 6.07 Å². The second-order valence-electron chi connectivity index (χ2n) is 6.29. The molecule has 1 heterocycles. The highest BCUT2D eigenvalue weighted by molar-refractivity contribution is 6.31. The van der Waals surface area contributed by atoms with Crippen LogP contribution in [0.2, 0.25) is 5.02 Å². The lowest BCUT2D eigenvalue weighted by Gasteiger charge is -2.17. The van der Waals surface area contributed by atoms with Gasteiger partial charge < -0.3 is 14.2 Å². The minimum atomic E-state index is -4.54. The molecular weight excluding hydrogens is 437 g/mol. The van der Waals surface area contributed by atoms with E-state index in [4.69, 9.17) is 25.8 Å². The summed E-state index contributed by atoms with van der Waals surface area (Å²) in [6.45, 7) is 6.13. The van der Waals surface area contributed by atoms with E-state index in [1.165, 1.54) is 0 Å². The van der Waals surface area contributed by atoms with Crippen LogP contribution in [0.4, 0.5) is 13.2 Å². The van der Waals surface area contributed by atoms with Gasteiger partial charge in [0.15, 0.2) is 0 Å². The highest BCUT2D eigenvalue weighted by Gasteiger charge is 2.31. The molecule has 0 N–H and O–H groups in total. The summed E-state index contributed by atoms with van der Waals surface area (Å²) in [4.78, 5) is 19.7. The summed E-state index contributed by atoms with van der Waals surface area (Å²) in [5.74, 6) is 0.264. The Morgan fingerprint density at radius 2 is 1.84 bits per heavy atom. The van der Waals surface area contributed by atoms with Crippen LogP contribution in [-0.2, 0) is 15.7 Å². The molecule has 0 fully saturated rings. The van der Waals surface area contributed by atoms with Crippen molar-refractivity contribution in [2.45, 2.75) is 39.5 Å². The summed E-state index contributed by atoms with van der Waals surface area (Å²) in [5.41, 5.74) is -0.406. The quantitative estimate of drug-likeness (QED) is 0.354. The number of benzene rings is 1. The van der Waals surface area contributed by atoms with Gasteiger partial charge in [0.2, 0.25) is 5.88 Å². The molecule has 2 rings (SSSR count). The zero-order valence-corrected chi connectivity index (χ0v) is 18.0. The molecule has 0 spiro atoms. The maximum atomic E-state index is 12.7. The van der Waals surface area contributed by atoms with Gasteiger partial charge >= 0.3 is 12.1 Å². The van der Waals surface area contributed by atoms with Gasteiger partial charge in [0, 0.05) is 12.7 Å². The van der Waals surface area contributed by atoms with Crippen LogP contribution < -0.4 is 9.47 Å². The molecule has 1 unspecified atom stereocenters. The maximum Gasteiger partial charge on any atom is 0.417 e. The molecule has 2 aromatic rings. The smallest absolute Gasteiger partial charge is 0.417 e. The van der Waals surface area contributed by atoms with E-state index >= 15 is 0 Å². The fourth-order valence-corrected chi connectivity index (χ4v) is 2.72. The number of alkyl halides is 3. The molecule has 0 aliphatic rings. The van der Waals surface area contributed by atoms with E-state index in [2.05, 4.69) is 9.98 Å². The van der Waals surface area contributed by atoms with Crippen LogP contribution in [0.15, 0.2) is 41.5 Å². The Morgan fingerprint density at radius 1 is 1.19 bits per heavy atom. The van der Waals surface area contributed by atoms with Crippen LogP contribution in [0.3, 0.4) is 0 Å². The Balaban J connectivity index is 2.04. The van der Waals surface area contributed by atoms with Crippen molar-refractivity contribution in [1.29, 1.82) is 0 Å². The van der Waals surface area contributed by atoms with Crippen LogP contribution in [0.25, 0.3) is 0 Å². The predicted molar refractivity (Wildman–Crippen MR) is 110 cm³/mol. The van der Waals surface area contributed by atoms with E-state index < -0.39 is 17.8 Å². The first-order valence-corrected chi connectivity index (χ1v) is 9.88. The van der Waals surface area contributed by atoms with Gasteiger partial charge in [-0.25, -0.2) is 4.98 Å². The first-order chi connectivity index (χ1) is 14.6. The number of nitrogens with zero attached hydrogens (tertiary/aromatic N) is 2. The normalized spacial score (nSPS) is 12.9. The van der Waals surface area contributed by atoms with Crippen molar-refractivity contribution in [3.05, 3.63) is 47.1 Å². The van der Waals surface area contributed by atoms with Gasteiger partial charge in [0.1, 0.15) is 22.6 Å². The molecule has 31 heavy (non-hydrogen) atoms. The number of aliphatic imine (C=N–C) groups is 1. The monoisotopic (exact) mass is 458 g/mol. The number of aromatic nitrogens is 1. The van der Waals surface area contributed by atoms with Gasteiger partial charge in [-0.15, -0.1) is 0 Å². The maximum absolute atomic E-state index is 12.7. The topological polar surface area (TPSA) is 70.0 Å². The van der Waals surface area contributed by atoms with Gasteiger partial charge in [-0.05, 0) is 51.1 Å². The number of pyridine rings is 1. The Bertz CT molecular complexity index is 918. The molecule has 0 radical (unpaired) electrons. The number of hydrogen-bond donors (Lipinski definition) is 0. The molecule has 0 bridgehead atoms. The van der Waals surface area contributed by atoms with Crippen molar-refractivity contribution < 1.29 is 32.2 Å². The Morgan fingerprint density at radius 3 is 2.39 bits per heavy atom. The first kappa shape index (κ1) is 24.5. The van der Waals surface area contributed by atoms with Gasteiger partial charge in [-0.1, -0.05) is 11.6 Å². The molecule has 0 saturated heterocycles. The third-order valence-corrected chi connectivity index (χ3v) is 4.22. The lowest BCUT2D eigenvalue weighted by atomic mass is 10.1. The average Bonchev–Trinajstić information content (AvgIpc) is 2.70. The summed E-state index contributed by atoms with van der Waals surface area (Å²) in [6, 6.07) is 7.08. The lowest BCUT2D eigenvalue weighted by Crippen LogP contribution is -2.27. The van der Waals surface area contributed by atoms with Gasteiger partial charge in [-0.3, -0.25) is 9.79 Å². The molecule has 0 amide bonds. The minimum absolute atomic E-state index is 0.0299. The van der Waals surface area contributed by atoms with E-state index in [9.17, 15) is 18.0 Å². The number of hydrogen-bond acceptors (Lipinski definition) is 6. The van der Waals surface area contributed by atoms with Gasteiger partial charge in [0.25, 0.3) is 0 Å². The second kappa shape index (κ2) is 11.0. The second-order valence-corrected chi connectivity index (χ2v) is 6.70. The SMILES string of the molecule is CCN=C(CC(=O)OCC)C(C)Oc1ccc(Oc2ncc(C(F)(F)F)cc2Cl)cc1. The number of esters is 1. The van der Waals surface area contributed by atoms with E-state index in [1.54, 1.807) is 38.1 Å². The van der Waals surface area contributed by atoms with Crippen LogP contribution in [0, 0.1) is 0 Å². The van der Waals surface area contributed by atoms with Crippen molar-refractivity contribution in [2.75, 3.05) is 13.2 Å². The van der Waals surface area contributed by atoms with Crippen molar-refractivity contribution in [3.63, 3.8) is 0 Å². The highest BCUT2D eigenvalue weighted by Crippen LogP contribution is 2.34. The largest absolute Gasteiger partial charge is 0.485 e. The Hall–Kier alpha value is -2.81. The van der Waals surface area contributed by atoms with Crippen LogP contribution in [0.5, 0.6) is 17.4 Å². The molecular formula is C21H22ClF3N2O4. The lowest BCUT2D eigenvalue weighted by molar-refractivity contribution is -0.141. The molecule has 1 atom stereocenters. The van der Waals surface area contributed by atoms with Crippen LogP contribution >= 0.6 is 11.6 Å². The zero-order valence-electron chi connectivity index (χ0n) is 17.2. The summed E-state index contributed by atoms with van der Waals surface area (Å²) in [6.07, 6.45) is -4.33. The number of carbonyl (C=O) groups excluding carboxylic acids is 1. The molecule has 168 valence electrons. The van der Waals surface area contributed by atoms with Gasteiger partial charge in [-0.2, -0.15) is 13.2 Å². The Labute approximate surface area is 183 Å². The minimum Gasteiger partial charge on any atom is -0.485 e. The predicted octanol–water partition coefficient (Wildman–Crippen LogP) is 5.73. The standard InChI is InChI=1S/C21H22ClF3N2O4/c1-4-26-18(11-19(28)29-5-2)13(3)30-15-6-8-16(9-7-15)31-20-17(22)10-14(12-27-20)21(23,24)25/h6-10,12-13H,4-5,11H2,1-3H3. The number of ether oxygens (including phenoxy) is 3. The molecule has 10 heteroatoms. The van der Waals surface area contributed by atoms with Crippen LogP contribution in [0.1, 0.15) is 32.8 Å². The van der Waals surface area contributed by atoms with E-state index in [-0.39, 0.29) is 29.9 Å². The van der Waals surface area contributed by atoms with Crippen molar-refractivity contribution in [3.8, 4) is 17.4 Å². The summed E-state index contributed by atoms with van der Waals surface area (Å²) in [5, 5.41) is -0.261. The average molecular weight is 459 g/mol. The van der Waals surface area contributed by atoms with Crippen molar-refractivity contribution >= 4 is 23.3 Å². The fraction of sp³-hybridized carbons (Fsp3) is 0.381. The third-order valence-electron chi connectivity index (χ3n) is 3.95. The molecule has 6 nitrogen and oxygen atoms in total. The van der Waals surface area contributed by atoms with Gasteiger partial charge in [0.05, 0.1) is 24.3 Å². The third kappa shape index (κ3) is 7.43. The fourth-order valence-electron chi connectivity index (χ4n) is 2.52. The number of carbonyl (C=O) groups is 1. The van der Waals surface area contributed by atoms with Crippen LogP contribution in [-0.4, -0.2) is 35.9 Å². The molecule has 0 saturated carbocycles. The molecule has 0 aliphatic carbocycles. The number of halogens is 4. The van der Waals surface area contributed by atoms with Crippen molar-refractivity contribution in [1.82, 2.24) is 4.98 Å². The van der Waals surface area contributed by atoms with E-state index in [1.807, 2.05) is 6.92 Å². The zero-order chi connectivity index (χ0) is 23.0. The summed E-state index contributed by atoms with van der Waals surface area (Å²) < 4.78 is 54.3. The van der Waals surface area contributed by atoms with E-state index in [0.29, 0.717) is 30.0 Å². The summed E-state index contributed by atoms with van der Waals surface area (Å²) in [7, 11) is 0. The number of rotatable bonds is 9. The molecule has 1 aromatic carbocycles. The van der Waals surface area contributed by atoms with Crippen molar-refractivity contribution in [2.24, 2.45) is 4.99 Å².